The van der Waals surface area contributed by atoms with Crippen molar-refractivity contribution in [2.24, 2.45) is 4.99 Å². The molecule has 0 unspecified atom stereocenters. The Bertz CT molecular complexity index is 655. The summed E-state index contributed by atoms with van der Waals surface area (Å²) >= 11 is 11.9. The number of halogens is 3. The maximum absolute atomic E-state index is 11.5. The van der Waals surface area contributed by atoms with Crippen LogP contribution >= 0.6 is 47.2 Å². The number of guanidine groups is 1. The zero-order valence-electron chi connectivity index (χ0n) is 13.9. The Kier molecular flexibility index (Phi) is 8.74. The van der Waals surface area contributed by atoms with Gasteiger partial charge in [-0.3, -0.25) is 14.7 Å². The van der Waals surface area contributed by atoms with Gasteiger partial charge in [0.2, 0.25) is 5.91 Å². The number of rotatable bonds is 5. The van der Waals surface area contributed by atoms with Crippen LogP contribution in [0.2, 0.25) is 10.0 Å². The summed E-state index contributed by atoms with van der Waals surface area (Å²) in [6.07, 6.45) is 0. The second kappa shape index (κ2) is 10.0. The predicted octanol–water partition coefficient (Wildman–Crippen LogP) is 2.17. The van der Waals surface area contributed by atoms with Crippen molar-refractivity contribution in [3.8, 4) is 0 Å². The van der Waals surface area contributed by atoms with Gasteiger partial charge in [-0.1, -0.05) is 29.3 Å². The second-order valence-electron chi connectivity index (χ2n) is 5.28. The van der Waals surface area contributed by atoms with Crippen molar-refractivity contribution in [3.63, 3.8) is 0 Å². The second-order valence-corrected chi connectivity index (χ2v) is 6.10. The summed E-state index contributed by atoms with van der Waals surface area (Å²) in [5.41, 5.74) is 0.990. The molecular formula is C15H20Cl2IN5O2. The average Bonchev–Trinajstić information content (AvgIpc) is 2.86. The van der Waals surface area contributed by atoms with Gasteiger partial charge in [-0.2, -0.15) is 0 Å². The van der Waals surface area contributed by atoms with Crippen molar-refractivity contribution in [2.75, 3.05) is 33.7 Å². The summed E-state index contributed by atoms with van der Waals surface area (Å²) in [4.78, 5) is 30.3. The highest BCUT2D eigenvalue weighted by atomic mass is 127. The molecule has 2 rings (SSSR count). The van der Waals surface area contributed by atoms with Crippen LogP contribution in [0, 0.1) is 0 Å². The SMILES string of the molecule is CN=C(NCCN1C(=O)CNC1=O)N(C)Cc1ccc(Cl)c(Cl)c1.I. The first-order chi connectivity index (χ1) is 11.4. The molecule has 1 aromatic carbocycles. The minimum atomic E-state index is -0.360. The standard InChI is InChI=1S/C15H19Cl2N5O2.HI/c1-18-14(19-5-6-22-13(23)8-20-15(22)24)21(2)9-10-3-4-11(16)12(17)7-10;/h3-4,7H,5-6,8-9H2,1-2H3,(H,18,19)(H,20,24);1H. The number of carbonyl (C=O) groups excluding carboxylic acids is 2. The van der Waals surface area contributed by atoms with E-state index in [1.54, 1.807) is 19.2 Å². The van der Waals surface area contributed by atoms with Crippen LogP contribution in [0.1, 0.15) is 5.56 Å². The van der Waals surface area contributed by atoms with Crippen molar-refractivity contribution < 1.29 is 9.59 Å². The van der Waals surface area contributed by atoms with Gasteiger partial charge in [0, 0.05) is 33.7 Å². The number of hydrogen-bond donors (Lipinski definition) is 2. The van der Waals surface area contributed by atoms with Gasteiger partial charge in [-0.15, -0.1) is 24.0 Å². The van der Waals surface area contributed by atoms with E-state index in [-0.39, 0.29) is 49.0 Å². The number of urea groups is 1. The molecule has 138 valence electrons. The Labute approximate surface area is 173 Å². The van der Waals surface area contributed by atoms with Crippen LogP contribution in [0.4, 0.5) is 4.79 Å². The van der Waals surface area contributed by atoms with E-state index in [0.29, 0.717) is 29.1 Å². The van der Waals surface area contributed by atoms with Crippen LogP contribution in [0.15, 0.2) is 23.2 Å². The zero-order chi connectivity index (χ0) is 17.7. The van der Waals surface area contributed by atoms with Crippen molar-refractivity contribution in [3.05, 3.63) is 33.8 Å². The highest BCUT2D eigenvalue weighted by Crippen LogP contribution is 2.23. The smallest absolute Gasteiger partial charge is 0.324 e. The van der Waals surface area contributed by atoms with Crippen LogP contribution in [-0.2, 0) is 11.3 Å². The number of nitrogens with zero attached hydrogens (tertiary/aromatic N) is 3. The van der Waals surface area contributed by atoms with Crippen molar-refractivity contribution in [1.29, 1.82) is 0 Å². The molecule has 0 aliphatic carbocycles. The lowest BCUT2D eigenvalue weighted by Crippen LogP contribution is -2.43. The van der Waals surface area contributed by atoms with Crippen molar-refractivity contribution in [1.82, 2.24) is 20.4 Å². The molecule has 1 fully saturated rings. The molecule has 0 atom stereocenters. The molecule has 2 N–H and O–H groups in total. The van der Waals surface area contributed by atoms with Crippen LogP contribution in [0.25, 0.3) is 0 Å². The molecule has 0 bridgehead atoms. The number of hydrogen-bond acceptors (Lipinski definition) is 3. The number of nitrogens with one attached hydrogen (secondary N) is 2. The fraction of sp³-hybridized carbons (Fsp3) is 0.400. The molecule has 0 radical (unpaired) electrons. The molecule has 1 aliphatic rings. The van der Waals surface area contributed by atoms with E-state index < -0.39 is 0 Å². The van der Waals surface area contributed by atoms with Gasteiger partial charge in [-0.05, 0) is 17.7 Å². The van der Waals surface area contributed by atoms with E-state index in [2.05, 4.69) is 15.6 Å². The molecule has 0 aromatic heterocycles. The monoisotopic (exact) mass is 499 g/mol. The fourth-order valence-corrected chi connectivity index (χ4v) is 2.65. The van der Waals surface area contributed by atoms with Crippen LogP contribution < -0.4 is 10.6 Å². The third kappa shape index (κ3) is 5.89. The Morgan fingerprint density at radius 1 is 1.36 bits per heavy atom. The van der Waals surface area contributed by atoms with Crippen LogP contribution in [-0.4, -0.2) is 61.4 Å². The molecule has 1 aliphatic heterocycles. The summed E-state index contributed by atoms with van der Waals surface area (Å²) < 4.78 is 0. The first kappa shape index (κ1) is 21.8. The molecule has 3 amide bonds. The minimum absolute atomic E-state index is 0. The Morgan fingerprint density at radius 3 is 2.64 bits per heavy atom. The van der Waals surface area contributed by atoms with E-state index in [4.69, 9.17) is 23.2 Å². The van der Waals surface area contributed by atoms with Crippen molar-refractivity contribution >= 4 is 65.1 Å². The predicted molar refractivity (Wildman–Crippen MR) is 110 cm³/mol. The number of aliphatic imine (C=N–C) groups is 1. The van der Waals surface area contributed by atoms with E-state index in [1.165, 1.54) is 4.90 Å². The van der Waals surface area contributed by atoms with Gasteiger partial charge in [0.05, 0.1) is 16.6 Å². The highest BCUT2D eigenvalue weighted by Gasteiger charge is 2.27. The first-order valence-electron chi connectivity index (χ1n) is 7.36. The van der Waals surface area contributed by atoms with Gasteiger partial charge >= 0.3 is 6.03 Å². The molecule has 1 saturated heterocycles. The average molecular weight is 500 g/mol. The Balaban J connectivity index is 0.00000312. The van der Waals surface area contributed by atoms with Gasteiger partial charge in [-0.25, -0.2) is 4.79 Å². The van der Waals surface area contributed by atoms with Gasteiger partial charge in [0.15, 0.2) is 5.96 Å². The molecular weight excluding hydrogens is 480 g/mol. The van der Waals surface area contributed by atoms with Crippen molar-refractivity contribution in [2.45, 2.75) is 6.54 Å². The number of imide groups is 1. The molecule has 1 aromatic rings. The third-order valence-electron chi connectivity index (χ3n) is 3.53. The molecule has 25 heavy (non-hydrogen) atoms. The van der Waals surface area contributed by atoms with E-state index in [1.807, 2.05) is 18.0 Å². The van der Waals surface area contributed by atoms with Gasteiger partial charge in [0.1, 0.15) is 0 Å². The molecule has 0 saturated carbocycles. The number of benzene rings is 1. The minimum Gasteiger partial charge on any atom is -0.354 e. The topological polar surface area (TPSA) is 77.0 Å². The summed E-state index contributed by atoms with van der Waals surface area (Å²) in [6.45, 7) is 1.34. The molecule has 1 heterocycles. The zero-order valence-corrected chi connectivity index (χ0v) is 17.7. The molecule has 7 nitrogen and oxygen atoms in total. The summed E-state index contributed by atoms with van der Waals surface area (Å²) in [5, 5.41) is 6.63. The largest absolute Gasteiger partial charge is 0.354 e. The molecule has 10 heteroatoms. The van der Waals surface area contributed by atoms with E-state index in [0.717, 1.165) is 5.56 Å². The normalized spacial score (nSPS) is 14.2. The summed E-state index contributed by atoms with van der Waals surface area (Å²) in [6, 6.07) is 5.09. The van der Waals surface area contributed by atoms with Gasteiger partial charge in [0.25, 0.3) is 0 Å². The molecule has 0 spiro atoms. The third-order valence-corrected chi connectivity index (χ3v) is 4.27. The fourth-order valence-electron chi connectivity index (χ4n) is 2.33. The maximum atomic E-state index is 11.5. The summed E-state index contributed by atoms with van der Waals surface area (Å²) in [7, 11) is 3.55. The van der Waals surface area contributed by atoms with E-state index >= 15 is 0 Å². The quantitative estimate of drug-likeness (QED) is 0.282. The maximum Gasteiger partial charge on any atom is 0.324 e. The highest BCUT2D eigenvalue weighted by molar-refractivity contribution is 14.0. The van der Waals surface area contributed by atoms with Crippen LogP contribution in [0.5, 0.6) is 0 Å². The summed E-state index contributed by atoms with van der Waals surface area (Å²) in [5.74, 6) is 0.425. The Hall–Kier alpha value is -1.26. The Morgan fingerprint density at radius 2 is 2.08 bits per heavy atom. The van der Waals surface area contributed by atoms with Crippen LogP contribution in [0.3, 0.4) is 0 Å². The lowest BCUT2D eigenvalue weighted by Gasteiger charge is -2.23. The lowest BCUT2D eigenvalue weighted by atomic mass is 10.2. The lowest BCUT2D eigenvalue weighted by molar-refractivity contribution is -0.124. The number of carbonyl (C=O) groups is 2. The van der Waals surface area contributed by atoms with E-state index in [9.17, 15) is 9.59 Å². The van der Waals surface area contributed by atoms with Gasteiger partial charge < -0.3 is 15.5 Å². The number of amides is 3. The first-order valence-corrected chi connectivity index (χ1v) is 8.12.